The van der Waals surface area contributed by atoms with Crippen LogP contribution < -0.4 is 16.2 Å². The second-order valence-electron chi connectivity index (χ2n) is 5.30. The fourth-order valence-corrected chi connectivity index (χ4v) is 2.58. The minimum Gasteiger partial charge on any atom is -0.399 e. The van der Waals surface area contributed by atoms with Gasteiger partial charge in [0, 0.05) is 17.6 Å². The fourth-order valence-electron chi connectivity index (χ4n) is 2.58. The van der Waals surface area contributed by atoms with Crippen molar-refractivity contribution in [3.63, 3.8) is 0 Å². The predicted octanol–water partition coefficient (Wildman–Crippen LogP) is 1.68. The molecule has 17 heavy (non-hydrogen) atoms. The molecule has 1 saturated heterocycles. The van der Waals surface area contributed by atoms with E-state index in [9.17, 15) is 4.79 Å². The highest BCUT2D eigenvalue weighted by Crippen LogP contribution is 2.44. The quantitative estimate of drug-likeness (QED) is 0.761. The molecule has 3 N–H and O–H groups in total. The first-order chi connectivity index (χ1) is 8.08. The van der Waals surface area contributed by atoms with Gasteiger partial charge >= 0.3 is 0 Å². The summed E-state index contributed by atoms with van der Waals surface area (Å²) in [4.78, 5) is 12.1. The molecule has 0 spiro atoms. The molecule has 1 aromatic rings. The van der Waals surface area contributed by atoms with Gasteiger partial charge in [0.05, 0.1) is 5.69 Å². The summed E-state index contributed by atoms with van der Waals surface area (Å²) in [7, 11) is 0. The van der Waals surface area contributed by atoms with Gasteiger partial charge in [0.15, 0.2) is 0 Å². The van der Waals surface area contributed by atoms with E-state index in [1.54, 1.807) is 5.01 Å². The number of hydrogen-bond acceptors (Lipinski definition) is 3. The number of carbonyl (C=O) groups is 1. The summed E-state index contributed by atoms with van der Waals surface area (Å²) in [6.45, 7) is 2.13. The van der Waals surface area contributed by atoms with Crippen molar-refractivity contribution < 1.29 is 4.79 Å². The van der Waals surface area contributed by atoms with Gasteiger partial charge in [-0.15, -0.1) is 0 Å². The molecule has 1 amide bonds. The lowest BCUT2D eigenvalue weighted by atomic mass is 9.94. The summed E-state index contributed by atoms with van der Waals surface area (Å²) in [5.74, 6) is 0.766. The van der Waals surface area contributed by atoms with Gasteiger partial charge in [0.1, 0.15) is 0 Å². The Morgan fingerprint density at radius 3 is 2.88 bits per heavy atom. The molecule has 2 aliphatic rings. The van der Waals surface area contributed by atoms with Crippen LogP contribution in [0.4, 0.5) is 11.4 Å². The Hall–Kier alpha value is -1.55. The van der Waals surface area contributed by atoms with E-state index >= 15 is 0 Å². The van der Waals surface area contributed by atoms with Crippen molar-refractivity contribution in [1.82, 2.24) is 5.43 Å². The normalized spacial score (nSPS) is 28.8. The van der Waals surface area contributed by atoms with Crippen LogP contribution in [0.2, 0.25) is 0 Å². The van der Waals surface area contributed by atoms with E-state index < -0.39 is 0 Å². The molecular weight excluding hydrogens is 214 g/mol. The first kappa shape index (κ1) is 10.6. The number of hydrazine groups is 1. The molecule has 90 valence electrons. The van der Waals surface area contributed by atoms with Gasteiger partial charge in [0.2, 0.25) is 5.91 Å². The zero-order chi connectivity index (χ0) is 12.0. The summed E-state index contributed by atoms with van der Waals surface area (Å²) in [6.07, 6.45) is 3.02. The molecule has 4 heteroatoms. The molecule has 0 aromatic heterocycles. The lowest BCUT2D eigenvalue weighted by molar-refractivity contribution is -0.117. The smallest absolute Gasteiger partial charge is 0.243 e. The van der Waals surface area contributed by atoms with E-state index in [-0.39, 0.29) is 11.4 Å². The Labute approximate surface area is 101 Å². The fraction of sp³-hybridized carbons (Fsp3) is 0.462. The lowest BCUT2D eigenvalue weighted by Crippen LogP contribution is -2.45. The maximum Gasteiger partial charge on any atom is 0.243 e. The number of benzene rings is 1. The molecule has 0 bridgehead atoms. The van der Waals surface area contributed by atoms with E-state index in [4.69, 9.17) is 5.73 Å². The number of carbonyl (C=O) groups excluding carboxylic acids is 1. The predicted molar refractivity (Wildman–Crippen MR) is 67.2 cm³/mol. The number of nitrogens with zero attached hydrogens (tertiary/aromatic N) is 1. The second-order valence-corrected chi connectivity index (χ2v) is 5.30. The van der Waals surface area contributed by atoms with Gasteiger partial charge in [0.25, 0.3) is 0 Å². The molecule has 1 saturated carbocycles. The van der Waals surface area contributed by atoms with Crippen LogP contribution in [0.5, 0.6) is 0 Å². The van der Waals surface area contributed by atoms with E-state index in [2.05, 4.69) is 12.3 Å². The average molecular weight is 231 g/mol. The van der Waals surface area contributed by atoms with Crippen LogP contribution in [-0.4, -0.2) is 11.4 Å². The molecule has 2 fully saturated rings. The van der Waals surface area contributed by atoms with Gasteiger partial charge in [-0.2, -0.15) is 0 Å². The van der Waals surface area contributed by atoms with Crippen LogP contribution in [0, 0.1) is 5.92 Å². The van der Waals surface area contributed by atoms with Crippen LogP contribution in [-0.2, 0) is 4.79 Å². The molecule has 1 unspecified atom stereocenters. The third kappa shape index (κ3) is 1.78. The lowest BCUT2D eigenvalue weighted by Gasteiger charge is -2.25. The number of nitrogens with two attached hydrogens (primary N) is 1. The Kier molecular flexibility index (Phi) is 2.16. The Bertz CT molecular complexity index is 469. The summed E-state index contributed by atoms with van der Waals surface area (Å²) in [6, 6.07) is 7.42. The number of nitrogen functional groups attached to an aromatic ring is 1. The monoisotopic (exact) mass is 231 g/mol. The maximum atomic E-state index is 12.1. The topological polar surface area (TPSA) is 58.4 Å². The number of rotatable bonds is 2. The van der Waals surface area contributed by atoms with Crippen molar-refractivity contribution in [1.29, 1.82) is 0 Å². The average Bonchev–Trinajstić information content (AvgIpc) is 3.06. The third-order valence-electron chi connectivity index (χ3n) is 3.74. The van der Waals surface area contributed by atoms with Crippen LogP contribution in [0.1, 0.15) is 26.2 Å². The highest BCUT2D eigenvalue weighted by molar-refractivity contribution is 5.96. The first-order valence-electron chi connectivity index (χ1n) is 6.05. The summed E-state index contributed by atoms with van der Waals surface area (Å²) >= 11 is 0. The number of amides is 1. The second kappa shape index (κ2) is 3.47. The van der Waals surface area contributed by atoms with Crippen molar-refractivity contribution in [2.75, 3.05) is 10.7 Å². The third-order valence-corrected chi connectivity index (χ3v) is 3.74. The first-order valence-corrected chi connectivity index (χ1v) is 6.05. The van der Waals surface area contributed by atoms with Crippen molar-refractivity contribution in [3.8, 4) is 0 Å². The highest BCUT2D eigenvalue weighted by Gasteiger charge is 2.49. The molecule has 1 atom stereocenters. The van der Waals surface area contributed by atoms with E-state index in [0.717, 1.165) is 5.69 Å². The van der Waals surface area contributed by atoms with Gasteiger partial charge in [-0.25, -0.2) is 10.4 Å². The summed E-state index contributed by atoms with van der Waals surface area (Å²) in [5, 5.41) is 1.65. The summed E-state index contributed by atoms with van der Waals surface area (Å²) < 4.78 is 0. The van der Waals surface area contributed by atoms with E-state index in [1.807, 2.05) is 24.3 Å². The van der Waals surface area contributed by atoms with Gasteiger partial charge in [-0.3, -0.25) is 4.79 Å². The highest BCUT2D eigenvalue weighted by atomic mass is 16.2. The van der Waals surface area contributed by atoms with Crippen molar-refractivity contribution in [3.05, 3.63) is 24.3 Å². The molecular formula is C13H17N3O. The molecule has 0 radical (unpaired) electrons. The Morgan fingerprint density at radius 2 is 2.24 bits per heavy atom. The Balaban J connectivity index is 1.87. The molecule has 3 rings (SSSR count). The van der Waals surface area contributed by atoms with Gasteiger partial charge in [-0.05, 0) is 43.9 Å². The minimum atomic E-state index is -0.0678. The largest absolute Gasteiger partial charge is 0.399 e. The Morgan fingerprint density at radius 1 is 1.47 bits per heavy atom. The molecule has 1 aromatic carbocycles. The maximum absolute atomic E-state index is 12.1. The van der Waals surface area contributed by atoms with Crippen LogP contribution >= 0.6 is 0 Å². The molecule has 1 aliphatic carbocycles. The minimum absolute atomic E-state index is 0.0678. The van der Waals surface area contributed by atoms with Crippen LogP contribution in [0.3, 0.4) is 0 Å². The number of nitrogens with one attached hydrogen (secondary N) is 1. The van der Waals surface area contributed by atoms with Gasteiger partial charge in [-0.1, -0.05) is 6.07 Å². The number of hydrogen-bond donors (Lipinski definition) is 2. The SMILES string of the molecule is CC1(C2CC2)CC(=O)N(c2cccc(N)c2)N1. The summed E-state index contributed by atoms with van der Waals surface area (Å²) in [5.41, 5.74) is 10.5. The van der Waals surface area contributed by atoms with Gasteiger partial charge < -0.3 is 5.73 Å². The van der Waals surface area contributed by atoms with Crippen LogP contribution in [0.15, 0.2) is 24.3 Å². The van der Waals surface area contributed by atoms with E-state index in [1.165, 1.54) is 12.8 Å². The zero-order valence-corrected chi connectivity index (χ0v) is 9.94. The number of anilines is 2. The zero-order valence-electron chi connectivity index (χ0n) is 9.94. The van der Waals surface area contributed by atoms with Crippen molar-refractivity contribution in [2.45, 2.75) is 31.7 Å². The molecule has 1 aliphatic heterocycles. The molecule has 1 heterocycles. The standard InChI is InChI=1S/C13H17N3O/c1-13(9-5-6-9)8-12(17)16(15-13)11-4-2-3-10(14)7-11/h2-4,7,9,15H,5-6,8,14H2,1H3. The van der Waals surface area contributed by atoms with E-state index in [0.29, 0.717) is 18.0 Å². The van der Waals surface area contributed by atoms with Crippen LogP contribution in [0.25, 0.3) is 0 Å². The van der Waals surface area contributed by atoms with Crippen molar-refractivity contribution in [2.24, 2.45) is 5.92 Å². The van der Waals surface area contributed by atoms with Crippen molar-refractivity contribution >= 4 is 17.3 Å². The molecule has 4 nitrogen and oxygen atoms in total.